The van der Waals surface area contributed by atoms with Gasteiger partial charge in [-0.2, -0.15) is 0 Å². The zero-order chi connectivity index (χ0) is 17.7. The summed E-state index contributed by atoms with van der Waals surface area (Å²) in [6, 6.07) is 14.0. The molecule has 0 spiro atoms. The first-order valence-corrected chi connectivity index (χ1v) is 8.85. The molecule has 0 bridgehead atoms. The zero-order valence-corrected chi connectivity index (χ0v) is 14.7. The quantitative estimate of drug-likeness (QED) is 0.879. The fourth-order valence-corrected chi connectivity index (χ4v) is 3.64. The molecule has 3 rings (SSSR count). The van der Waals surface area contributed by atoms with Gasteiger partial charge in [0.25, 0.3) is 5.91 Å². The van der Waals surface area contributed by atoms with Crippen molar-refractivity contribution < 1.29 is 13.9 Å². The summed E-state index contributed by atoms with van der Waals surface area (Å²) in [6.07, 6.45) is 2.73. The van der Waals surface area contributed by atoms with Gasteiger partial charge in [-0.05, 0) is 43.0 Å². The Morgan fingerprint density at radius 3 is 2.72 bits per heavy atom. The summed E-state index contributed by atoms with van der Waals surface area (Å²) in [4.78, 5) is 12.5. The number of rotatable bonds is 4. The number of ether oxygens (including phenoxy) is 1. The van der Waals surface area contributed by atoms with E-state index in [-0.39, 0.29) is 21.9 Å². The topological polar surface area (TPSA) is 38.3 Å². The van der Waals surface area contributed by atoms with Gasteiger partial charge >= 0.3 is 0 Å². The van der Waals surface area contributed by atoms with E-state index in [0.717, 1.165) is 31.9 Å². The predicted molar refractivity (Wildman–Crippen MR) is 96.5 cm³/mol. The van der Waals surface area contributed by atoms with Gasteiger partial charge < -0.3 is 10.1 Å². The number of halogens is 2. The average Bonchev–Trinajstić information content (AvgIpc) is 2.87. The molecule has 1 amide bonds. The summed E-state index contributed by atoms with van der Waals surface area (Å²) in [5.74, 6) is -0.742. The van der Waals surface area contributed by atoms with Gasteiger partial charge in [-0.25, -0.2) is 4.39 Å². The third kappa shape index (κ3) is 4.20. The molecule has 0 radical (unpaired) electrons. The summed E-state index contributed by atoms with van der Waals surface area (Å²) >= 11 is 6.00. The molecule has 1 unspecified atom stereocenters. The molecule has 1 saturated heterocycles. The number of carbonyl (C=O) groups is 1. The van der Waals surface area contributed by atoms with E-state index in [1.54, 1.807) is 0 Å². The Morgan fingerprint density at radius 2 is 1.96 bits per heavy atom. The molecule has 2 aromatic carbocycles. The average molecular weight is 362 g/mol. The van der Waals surface area contributed by atoms with Crippen LogP contribution in [0, 0.1) is 5.82 Å². The first-order chi connectivity index (χ1) is 12.1. The van der Waals surface area contributed by atoms with Crippen molar-refractivity contribution in [1.29, 1.82) is 0 Å². The highest BCUT2D eigenvalue weighted by Crippen LogP contribution is 2.34. The van der Waals surface area contributed by atoms with Crippen LogP contribution in [0.5, 0.6) is 0 Å². The molecule has 1 atom stereocenters. The molecule has 0 saturated carbocycles. The van der Waals surface area contributed by atoms with Crippen LogP contribution in [0.2, 0.25) is 5.02 Å². The Morgan fingerprint density at radius 1 is 1.16 bits per heavy atom. The van der Waals surface area contributed by atoms with Crippen LogP contribution in [0.15, 0.2) is 48.5 Å². The van der Waals surface area contributed by atoms with Crippen molar-refractivity contribution in [2.75, 3.05) is 19.8 Å². The van der Waals surface area contributed by atoms with E-state index in [1.807, 2.05) is 18.2 Å². The minimum Gasteiger partial charge on any atom is -0.381 e. The molecule has 1 heterocycles. The van der Waals surface area contributed by atoms with Crippen LogP contribution in [0.3, 0.4) is 0 Å². The van der Waals surface area contributed by atoms with Gasteiger partial charge in [0.05, 0.1) is 10.6 Å². The lowest BCUT2D eigenvalue weighted by molar-refractivity contribution is 0.0937. The first kappa shape index (κ1) is 17.9. The lowest BCUT2D eigenvalue weighted by Gasteiger charge is -2.33. The maximum Gasteiger partial charge on any atom is 0.252 e. The van der Waals surface area contributed by atoms with Gasteiger partial charge in [0.15, 0.2) is 0 Å². The van der Waals surface area contributed by atoms with Crippen LogP contribution in [-0.4, -0.2) is 25.7 Å². The molecule has 1 fully saturated rings. The minimum absolute atomic E-state index is 0.121. The molecule has 3 nitrogen and oxygen atoms in total. The Bertz CT molecular complexity index is 728. The summed E-state index contributed by atoms with van der Waals surface area (Å²) in [7, 11) is 0. The van der Waals surface area contributed by atoms with Crippen molar-refractivity contribution in [3.05, 3.63) is 70.5 Å². The SMILES string of the molecule is O=C(NCC1(c2ccccc2)CCCOCC1)c1ccc(F)cc1Cl. The van der Waals surface area contributed by atoms with Gasteiger partial charge in [-0.1, -0.05) is 41.9 Å². The van der Waals surface area contributed by atoms with Crippen LogP contribution in [0.1, 0.15) is 35.2 Å². The van der Waals surface area contributed by atoms with Crippen molar-refractivity contribution in [3.8, 4) is 0 Å². The second-order valence-electron chi connectivity index (χ2n) is 6.42. The van der Waals surface area contributed by atoms with Crippen molar-refractivity contribution in [2.24, 2.45) is 0 Å². The monoisotopic (exact) mass is 361 g/mol. The largest absolute Gasteiger partial charge is 0.381 e. The fourth-order valence-electron chi connectivity index (χ4n) is 3.38. The molecule has 25 heavy (non-hydrogen) atoms. The number of benzene rings is 2. The van der Waals surface area contributed by atoms with E-state index in [0.29, 0.717) is 13.2 Å². The molecule has 2 aromatic rings. The lowest BCUT2D eigenvalue weighted by Crippen LogP contribution is -2.41. The summed E-state index contributed by atoms with van der Waals surface area (Å²) in [6.45, 7) is 1.90. The molecule has 5 heteroatoms. The molecule has 0 aliphatic carbocycles. The van der Waals surface area contributed by atoms with Crippen LogP contribution in [0.4, 0.5) is 4.39 Å². The van der Waals surface area contributed by atoms with Gasteiger partial charge in [0.1, 0.15) is 5.82 Å². The minimum atomic E-state index is -0.455. The number of carbonyl (C=O) groups excluding carboxylic acids is 1. The number of nitrogens with one attached hydrogen (secondary N) is 1. The highest BCUT2D eigenvalue weighted by atomic mass is 35.5. The van der Waals surface area contributed by atoms with Crippen molar-refractivity contribution in [1.82, 2.24) is 5.32 Å². The van der Waals surface area contributed by atoms with Crippen LogP contribution >= 0.6 is 11.6 Å². The van der Waals surface area contributed by atoms with Crippen molar-refractivity contribution >= 4 is 17.5 Å². The first-order valence-electron chi connectivity index (χ1n) is 8.47. The third-order valence-electron chi connectivity index (χ3n) is 4.82. The second-order valence-corrected chi connectivity index (χ2v) is 6.83. The molecular weight excluding hydrogens is 341 g/mol. The van der Waals surface area contributed by atoms with E-state index in [4.69, 9.17) is 16.3 Å². The van der Waals surface area contributed by atoms with E-state index in [9.17, 15) is 9.18 Å². The van der Waals surface area contributed by atoms with Gasteiger partial charge in [-0.3, -0.25) is 4.79 Å². The van der Waals surface area contributed by atoms with Crippen LogP contribution < -0.4 is 5.32 Å². The van der Waals surface area contributed by atoms with Crippen molar-refractivity contribution in [3.63, 3.8) is 0 Å². The fraction of sp³-hybridized carbons (Fsp3) is 0.350. The number of amides is 1. The zero-order valence-electron chi connectivity index (χ0n) is 13.9. The summed E-state index contributed by atoms with van der Waals surface area (Å²) < 4.78 is 18.8. The molecule has 1 N–H and O–H groups in total. The van der Waals surface area contributed by atoms with E-state index < -0.39 is 5.82 Å². The van der Waals surface area contributed by atoms with Crippen LogP contribution in [0.25, 0.3) is 0 Å². The highest BCUT2D eigenvalue weighted by molar-refractivity contribution is 6.33. The Hall–Kier alpha value is -1.91. The second kappa shape index (κ2) is 7.98. The van der Waals surface area contributed by atoms with Gasteiger partial charge in [0.2, 0.25) is 0 Å². The number of hydrogen-bond acceptors (Lipinski definition) is 2. The van der Waals surface area contributed by atoms with E-state index in [2.05, 4.69) is 17.4 Å². The van der Waals surface area contributed by atoms with E-state index >= 15 is 0 Å². The molecular formula is C20H21ClFNO2. The highest BCUT2D eigenvalue weighted by Gasteiger charge is 2.33. The maximum absolute atomic E-state index is 13.2. The number of hydrogen-bond donors (Lipinski definition) is 1. The van der Waals surface area contributed by atoms with Gasteiger partial charge in [-0.15, -0.1) is 0 Å². The van der Waals surface area contributed by atoms with Gasteiger partial charge in [0, 0.05) is 25.2 Å². The maximum atomic E-state index is 13.2. The standard InChI is InChI=1S/C20H21ClFNO2/c21-18-13-16(22)7-8-17(18)19(24)23-14-20(9-4-11-25-12-10-20)15-5-2-1-3-6-15/h1-3,5-8,13H,4,9-12,14H2,(H,23,24). The molecule has 132 valence electrons. The summed E-state index contributed by atoms with van der Waals surface area (Å²) in [5, 5.41) is 3.12. The Kier molecular flexibility index (Phi) is 5.71. The molecule has 0 aromatic heterocycles. The van der Waals surface area contributed by atoms with E-state index in [1.165, 1.54) is 17.7 Å². The smallest absolute Gasteiger partial charge is 0.252 e. The summed E-state index contributed by atoms with van der Waals surface area (Å²) in [5.41, 5.74) is 1.32. The lowest BCUT2D eigenvalue weighted by atomic mass is 9.74. The predicted octanol–water partition coefficient (Wildman–Crippen LogP) is 4.35. The molecule has 1 aliphatic rings. The Labute approximate surface area is 152 Å². The Balaban J connectivity index is 1.80. The third-order valence-corrected chi connectivity index (χ3v) is 5.13. The molecule has 1 aliphatic heterocycles. The van der Waals surface area contributed by atoms with Crippen LogP contribution in [-0.2, 0) is 10.2 Å². The van der Waals surface area contributed by atoms with Crippen molar-refractivity contribution in [2.45, 2.75) is 24.7 Å². The normalized spacial score (nSPS) is 20.7.